The Labute approximate surface area is 160 Å². The highest BCUT2D eigenvalue weighted by atomic mass is 16.5. The standard InChI is InChI=1S/C21H16N4O3/c26-19(13-25-14-23-20-18(21(25)27)10-5-11-22-20)24-15-6-4-9-17(12-15)28-16-7-2-1-3-8-16/h1-12,14H,13H2,(H,24,26). The summed E-state index contributed by atoms with van der Waals surface area (Å²) in [6.07, 6.45) is 2.89. The van der Waals surface area contributed by atoms with Crippen molar-refractivity contribution in [3.8, 4) is 11.5 Å². The monoisotopic (exact) mass is 372 g/mol. The number of benzene rings is 2. The Morgan fingerprint density at radius 3 is 2.64 bits per heavy atom. The van der Waals surface area contributed by atoms with Crippen molar-refractivity contribution in [3.05, 3.63) is 89.6 Å². The van der Waals surface area contributed by atoms with Crippen molar-refractivity contribution in [3.63, 3.8) is 0 Å². The molecule has 0 fully saturated rings. The molecule has 138 valence electrons. The Balaban J connectivity index is 1.48. The lowest BCUT2D eigenvalue weighted by Crippen LogP contribution is -2.28. The molecule has 4 aromatic rings. The predicted octanol–water partition coefficient (Wildman–Crippen LogP) is 3.22. The van der Waals surface area contributed by atoms with Gasteiger partial charge in [-0.2, -0.15) is 0 Å². The molecule has 2 aromatic heterocycles. The van der Waals surface area contributed by atoms with Crippen LogP contribution in [0.2, 0.25) is 0 Å². The number of hydrogen-bond donors (Lipinski definition) is 1. The van der Waals surface area contributed by atoms with Crippen LogP contribution in [0.25, 0.3) is 11.0 Å². The van der Waals surface area contributed by atoms with Gasteiger partial charge in [-0.15, -0.1) is 0 Å². The highest BCUT2D eigenvalue weighted by Crippen LogP contribution is 2.23. The topological polar surface area (TPSA) is 86.1 Å². The van der Waals surface area contributed by atoms with Gasteiger partial charge < -0.3 is 10.1 Å². The van der Waals surface area contributed by atoms with E-state index in [1.165, 1.54) is 10.9 Å². The highest BCUT2D eigenvalue weighted by Gasteiger charge is 2.09. The quantitative estimate of drug-likeness (QED) is 0.581. The van der Waals surface area contributed by atoms with Crippen LogP contribution in [-0.4, -0.2) is 20.4 Å². The van der Waals surface area contributed by atoms with E-state index in [4.69, 9.17) is 4.74 Å². The number of para-hydroxylation sites is 1. The van der Waals surface area contributed by atoms with E-state index >= 15 is 0 Å². The summed E-state index contributed by atoms with van der Waals surface area (Å²) in [6, 6.07) is 19.7. The first-order chi connectivity index (χ1) is 13.7. The van der Waals surface area contributed by atoms with E-state index in [0.29, 0.717) is 28.2 Å². The molecule has 1 N–H and O–H groups in total. The number of amides is 1. The zero-order valence-electron chi connectivity index (χ0n) is 14.8. The zero-order chi connectivity index (χ0) is 19.3. The van der Waals surface area contributed by atoms with Crippen LogP contribution >= 0.6 is 0 Å². The van der Waals surface area contributed by atoms with Gasteiger partial charge in [0.15, 0.2) is 5.65 Å². The molecule has 0 spiro atoms. The van der Waals surface area contributed by atoms with Crippen LogP contribution in [0, 0.1) is 0 Å². The first kappa shape index (κ1) is 17.4. The molecule has 0 aliphatic heterocycles. The minimum atomic E-state index is -0.344. The van der Waals surface area contributed by atoms with Crippen molar-refractivity contribution in [1.82, 2.24) is 14.5 Å². The van der Waals surface area contributed by atoms with Gasteiger partial charge in [0.2, 0.25) is 5.91 Å². The van der Waals surface area contributed by atoms with Gasteiger partial charge in [0.1, 0.15) is 24.4 Å². The summed E-state index contributed by atoms with van der Waals surface area (Å²) < 4.78 is 7.02. The molecule has 0 bridgehead atoms. The fourth-order valence-corrected chi connectivity index (χ4v) is 2.73. The average molecular weight is 372 g/mol. The van der Waals surface area contributed by atoms with Gasteiger partial charge >= 0.3 is 0 Å². The van der Waals surface area contributed by atoms with E-state index in [9.17, 15) is 9.59 Å². The number of anilines is 1. The molecule has 7 heteroatoms. The Morgan fingerprint density at radius 1 is 0.964 bits per heavy atom. The van der Waals surface area contributed by atoms with E-state index in [-0.39, 0.29) is 18.0 Å². The summed E-state index contributed by atoms with van der Waals surface area (Å²) in [5, 5.41) is 3.14. The number of aromatic nitrogens is 3. The van der Waals surface area contributed by atoms with Gasteiger partial charge in [-0.3, -0.25) is 14.2 Å². The molecule has 0 aliphatic rings. The zero-order valence-corrected chi connectivity index (χ0v) is 14.8. The molecule has 0 saturated heterocycles. The Kier molecular flexibility index (Phi) is 4.79. The van der Waals surface area contributed by atoms with Crippen LogP contribution in [0.5, 0.6) is 11.5 Å². The van der Waals surface area contributed by atoms with Gasteiger partial charge in [0.05, 0.1) is 5.39 Å². The molecule has 2 aromatic carbocycles. The highest BCUT2D eigenvalue weighted by molar-refractivity contribution is 5.90. The van der Waals surface area contributed by atoms with E-state index in [2.05, 4.69) is 15.3 Å². The van der Waals surface area contributed by atoms with E-state index in [1.807, 2.05) is 30.3 Å². The lowest BCUT2D eigenvalue weighted by Gasteiger charge is -2.10. The maximum atomic E-state index is 12.5. The summed E-state index contributed by atoms with van der Waals surface area (Å²) in [5.41, 5.74) is 0.617. The Morgan fingerprint density at radius 2 is 1.79 bits per heavy atom. The van der Waals surface area contributed by atoms with Crippen molar-refractivity contribution >= 4 is 22.6 Å². The lowest BCUT2D eigenvalue weighted by atomic mass is 10.3. The fourth-order valence-electron chi connectivity index (χ4n) is 2.73. The van der Waals surface area contributed by atoms with Gasteiger partial charge in [-0.05, 0) is 36.4 Å². The molecule has 0 aliphatic carbocycles. The summed E-state index contributed by atoms with van der Waals surface area (Å²) in [7, 11) is 0. The minimum absolute atomic E-state index is 0.152. The number of pyridine rings is 1. The molecule has 1 amide bonds. The predicted molar refractivity (Wildman–Crippen MR) is 105 cm³/mol. The molecular weight excluding hydrogens is 356 g/mol. The van der Waals surface area contributed by atoms with Crippen molar-refractivity contribution in [2.75, 3.05) is 5.32 Å². The van der Waals surface area contributed by atoms with Crippen molar-refractivity contribution in [2.45, 2.75) is 6.54 Å². The second-order valence-electron chi connectivity index (χ2n) is 6.04. The molecule has 0 saturated carbocycles. The van der Waals surface area contributed by atoms with E-state index in [0.717, 1.165) is 0 Å². The molecule has 0 atom stereocenters. The van der Waals surface area contributed by atoms with E-state index in [1.54, 1.807) is 42.6 Å². The average Bonchev–Trinajstić information content (AvgIpc) is 2.71. The Bertz CT molecular complexity index is 1190. The smallest absolute Gasteiger partial charge is 0.263 e. The Hall–Kier alpha value is -4.00. The SMILES string of the molecule is O=C(Cn1cnc2ncccc2c1=O)Nc1cccc(Oc2ccccc2)c1. The van der Waals surface area contributed by atoms with Gasteiger partial charge in [0, 0.05) is 18.0 Å². The van der Waals surface area contributed by atoms with Crippen LogP contribution in [0.15, 0.2) is 84.0 Å². The number of carbonyl (C=O) groups is 1. The molecule has 0 radical (unpaired) electrons. The van der Waals surface area contributed by atoms with Crippen molar-refractivity contribution in [2.24, 2.45) is 0 Å². The maximum absolute atomic E-state index is 12.5. The number of carbonyl (C=O) groups excluding carboxylic acids is 1. The normalized spacial score (nSPS) is 10.6. The summed E-state index contributed by atoms with van der Waals surface area (Å²) in [5.74, 6) is 0.956. The first-order valence-corrected chi connectivity index (χ1v) is 8.62. The number of fused-ring (bicyclic) bond motifs is 1. The van der Waals surface area contributed by atoms with Crippen LogP contribution in [0.4, 0.5) is 5.69 Å². The third-order valence-corrected chi connectivity index (χ3v) is 4.01. The first-order valence-electron chi connectivity index (χ1n) is 8.62. The number of rotatable bonds is 5. The van der Waals surface area contributed by atoms with Crippen LogP contribution in [-0.2, 0) is 11.3 Å². The lowest BCUT2D eigenvalue weighted by molar-refractivity contribution is -0.116. The summed E-state index contributed by atoms with van der Waals surface area (Å²) in [4.78, 5) is 33.0. The van der Waals surface area contributed by atoms with E-state index < -0.39 is 0 Å². The number of nitrogens with one attached hydrogen (secondary N) is 1. The molecular formula is C21H16N4O3. The van der Waals surface area contributed by atoms with Crippen LogP contribution in [0.1, 0.15) is 0 Å². The molecule has 28 heavy (non-hydrogen) atoms. The van der Waals surface area contributed by atoms with Crippen molar-refractivity contribution in [1.29, 1.82) is 0 Å². The fraction of sp³-hybridized carbons (Fsp3) is 0.0476. The molecule has 0 unspecified atom stereocenters. The summed E-state index contributed by atoms with van der Waals surface area (Å²) in [6.45, 7) is -0.152. The minimum Gasteiger partial charge on any atom is -0.457 e. The number of hydrogen-bond acceptors (Lipinski definition) is 5. The van der Waals surface area contributed by atoms with Crippen LogP contribution in [0.3, 0.4) is 0 Å². The van der Waals surface area contributed by atoms with Crippen LogP contribution < -0.4 is 15.6 Å². The van der Waals surface area contributed by atoms with Gasteiger partial charge in [-0.1, -0.05) is 24.3 Å². The van der Waals surface area contributed by atoms with Crippen molar-refractivity contribution < 1.29 is 9.53 Å². The molecule has 2 heterocycles. The number of nitrogens with zero attached hydrogens (tertiary/aromatic N) is 3. The second-order valence-corrected chi connectivity index (χ2v) is 6.04. The molecule has 7 nitrogen and oxygen atoms in total. The largest absolute Gasteiger partial charge is 0.457 e. The third-order valence-electron chi connectivity index (χ3n) is 4.01. The molecule has 4 rings (SSSR count). The maximum Gasteiger partial charge on any atom is 0.263 e. The number of ether oxygens (including phenoxy) is 1. The third kappa shape index (κ3) is 3.88. The van der Waals surface area contributed by atoms with Gasteiger partial charge in [0.25, 0.3) is 5.56 Å². The second kappa shape index (κ2) is 7.71. The summed E-state index contributed by atoms with van der Waals surface area (Å²) >= 11 is 0. The van der Waals surface area contributed by atoms with Gasteiger partial charge in [-0.25, -0.2) is 9.97 Å².